The number of anilines is 2. The van der Waals surface area contributed by atoms with Crippen LogP contribution in [0.25, 0.3) is 0 Å². The molecule has 2 fully saturated rings. The fraction of sp³-hybridized carbons (Fsp3) is 0.542. The molecule has 0 bridgehead atoms. The molecule has 4 heterocycles. The molecule has 1 N–H and O–H groups in total. The zero-order valence-electron chi connectivity index (χ0n) is 19.4. The second kappa shape index (κ2) is 9.98. The Morgan fingerprint density at radius 3 is 2.71 bits per heavy atom. The van der Waals surface area contributed by atoms with E-state index < -0.39 is 17.7 Å². The topological polar surface area (TPSA) is 73.8 Å². The van der Waals surface area contributed by atoms with E-state index in [2.05, 4.69) is 30.0 Å². The van der Waals surface area contributed by atoms with E-state index in [-0.39, 0.29) is 18.4 Å². The third-order valence-corrected chi connectivity index (χ3v) is 7.08. The van der Waals surface area contributed by atoms with Crippen molar-refractivity contribution in [3.05, 3.63) is 47.9 Å². The maximum atomic E-state index is 13.4. The zero-order chi connectivity index (χ0) is 24.4. The van der Waals surface area contributed by atoms with Gasteiger partial charge in [0.2, 0.25) is 5.91 Å². The molecule has 3 aliphatic heterocycles. The van der Waals surface area contributed by atoms with Crippen molar-refractivity contribution in [2.24, 2.45) is 5.92 Å². The van der Waals surface area contributed by atoms with Crippen LogP contribution in [0.3, 0.4) is 0 Å². The lowest BCUT2D eigenvalue weighted by Crippen LogP contribution is -2.61. The molecule has 2 saturated heterocycles. The monoisotopic (exact) mass is 490 g/mol. The van der Waals surface area contributed by atoms with Gasteiger partial charge in [-0.05, 0) is 30.2 Å². The van der Waals surface area contributed by atoms with E-state index >= 15 is 0 Å². The Morgan fingerprint density at radius 1 is 1.14 bits per heavy atom. The summed E-state index contributed by atoms with van der Waals surface area (Å²) in [5.41, 5.74) is 0.663. The summed E-state index contributed by atoms with van der Waals surface area (Å²) in [7, 11) is 0. The van der Waals surface area contributed by atoms with Crippen LogP contribution >= 0.6 is 0 Å². The van der Waals surface area contributed by atoms with Crippen molar-refractivity contribution in [1.82, 2.24) is 20.2 Å². The molecule has 1 aromatic heterocycles. The van der Waals surface area contributed by atoms with Gasteiger partial charge in [0, 0.05) is 63.9 Å². The number of aromatic nitrogens is 2. The Balaban J connectivity index is 1.36. The van der Waals surface area contributed by atoms with Gasteiger partial charge in [-0.25, -0.2) is 4.98 Å². The first kappa shape index (κ1) is 23.8. The average molecular weight is 491 g/mol. The lowest BCUT2D eigenvalue weighted by atomic mass is 9.82. The van der Waals surface area contributed by atoms with E-state index in [4.69, 9.17) is 4.74 Å². The molecule has 0 radical (unpaired) electrons. The Kier molecular flexibility index (Phi) is 6.79. The predicted octanol–water partition coefficient (Wildman–Crippen LogP) is 1.81. The van der Waals surface area contributed by atoms with Gasteiger partial charge in [0.15, 0.2) is 0 Å². The highest BCUT2D eigenvalue weighted by atomic mass is 19.4. The van der Waals surface area contributed by atoms with Crippen molar-refractivity contribution >= 4 is 17.4 Å². The number of amides is 1. The number of carbonyl (C=O) groups is 1. The quantitative estimate of drug-likeness (QED) is 0.686. The van der Waals surface area contributed by atoms with Gasteiger partial charge < -0.3 is 19.9 Å². The van der Waals surface area contributed by atoms with Crippen LogP contribution in [0.4, 0.5) is 24.7 Å². The summed E-state index contributed by atoms with van der Waals surface area (Å²) in [4.78, 5) is 28.4. The minimum absolute atomic E-state index is 0.127. The third-order valence-electron chi connectivity index (χ3n) is 7.08. The van der Waals surface area contributed by atoms with E-state index in [1.54, 1.807) is 24.7 Å². The number of benzene rings is 1. The summed E-state index contributed by atoms with van der Waals surface area (Å²) in [5.74, 6) is 0.129. The predicted molar refractivity (Wildman–Crippen MR) is 124 cm³/mol. The number of fused-ring (bicyclic) bond motifs is 3. The average Bonchev–Trinajstić information content (AvgIpc) is 2.88. The van der Waals surface area contributed by atoms with Crippen LogP contribution in [-0.4, -0.2) is 85.8 Å². The number of piperazine rings is 1. The number of nitrogens with zero attached hydrogens (tertiary/aromatic N) is 5. The maximum Gasteiger partial charge on any atom is 0.416 e. The highest BCUT2D eigenvalue weighted by Crippen LogP contribution is 2.40. The van der Waals surface area contributed by atoms with Gasteiger partial charge in [0.05, 0.1) is 36.9 Å². The number of rotatable bonds is 5. The SMILES string of the molecule is O=C(NCCN1CCOCC1)[C@@H]1Cc2cc(C(F)(F)F)ccc2N2CCN(c3cnccn3)C[C@@H]12. The van der Waals surface area contributed by atoms with Crippen LogP contribution in [0, 0.1) is 5.92 Å². The summed E-state index contributed by atoms with van der Waals surface area (Å²) < 4.78 is 45.6. The number of morpholine rings is 1. The van der Waals surface area contributed by atoms with Crippen LogP contribution in [-0.2, 0) is 22.1 Å². The minimum atomic E-state index is -4.42. The molecular formula is C24H29F3N6O2. The Hall–Kier alpha value is -2.92. The first-order valence-electron chi connectivity index (χ1n) is 12.0. The molecule has 0 saturated carbocycles. The summed E-state index contributed by atoms with van der Waals surface area (Å²) >= 11 is 0. The summed E-state index contributed by atoms with van der Waals surface area (Å²) in [6, 6.07) is 3.70. The smallest absolute Gasteiger partial charge is 0.379 e. The molecule has 0 aliphatic carbocycles. The molecule has 188 valence electrons. The minimum Gasteiger partial charge on any atom is -0.379 e. The van der Waals surface area contributed by atoms with E-state index in [1.165, 1.54) is 6.07 Å². The molecule has 2 atom stereocenters. The molecule has 35 heavy (non-hydrogen) atoms. The first-order chi connectivity index (χ1) is 16.9. The van der Waals surface area contributed by atoms with Crippen LogP contribution < -0.4 is 15.1 Å². The normalized spacial score (nSPS) is 22.9. The van der Waals surface area contributed by atoms with E-state index in [0.29, 0.717) is 45.0 Å². The van der Waals surface area contributed by atoms with Crippen molar-refractivity contribution in [3.8, 4) is 0 Å². The van der Waals surface area contributed by atoms with Crippen LogP contribution in [0.5, 0.6) is 0 Å². The Labute approximate surface area is 202 Å². The molecule has 2 aromatic rings. The van der Waals surface area contributed by atoms with Gasteiger partial charge in [-0.3, -0.25) is 14.7 Å². The van der Waals surface area contributed by atoms with Gasteiger partial charge in [0.25, 0.3) is 0 Å². The summed E-state index contributed by atoms with van der Waals surface area (Å²) in [6.45, 7) is 6.00. The molecule has 0 unspecified atom stereocenters. The number of carbonyl (C=O) groups excluding carboxylic acids is 1. The van der Waals surface area contributed by atoms with Crippen molar-refractivity contribution < 1.29 is 22.7 Å². The zero-order valence-corrected chi connectivity index (χ0v) is 19.4. The van der Waals surface area contributed by atoms with Crippen molar-refractivity contribution in [2.45, 2.75) is 18.6 Å². The molecule has 0 spiro atoms. The van der Waals surface area contributed by atoms with E-state index in [0.717, 1.165) is 37.2 Å². The van der Waals surface area contributed by atoms with Crippen molar-refractivity contribution in [1.29, 1.82) is 0 Å². The van der Waals surface area contributed by atoms with Gasteiger partial charge in [-0.15, -0.1) is 0 Å². The second-order valence-corrected chi connectivity index (χ2v) is 9.17. The van der Waals surface area contributed by atoms with E-state index in [9.17, 15) is 18.0 Å². The number of nitrogens with one attached hydrogen (secondary N) is 1. The lowest BCUT2D eigenvalue weighted by Gasteiger charge is -2.49. The van der Waals surface area contributed by atoms with Gasteiger partial charge in [-0.2, -0.15) is 13.2 Å². The Morgan fingerprint density at radius 2 is 1.97 bits per heavy atom. The maximum absolute atomic E-state index is 13.4. The second-order valence-electron chi connectivity index (χ2n) is 9.17. The first-order valence-corrected chi connectivity index (χ1v) is 12.0. The highest BCUT2D eigenvalue weighted by Gasteiger charge is 2.43. The molecule has 11 heteroatoms. The summed E-state index contributed by atoms with van der Waals surface area (Å²) in [6.07, 6.45) is 0.774. The molecule has 1 aromatic carbocycles. The molecule has 5 rings (SSSR count). The fourth-order valence-corrected chi connectivity index (χ4v) is 5.26. The Bertz CT molecular complexity index is 1030. The standard InChI is InChI=1S/C24H29F3N6O2/c25-24(26,27)18-1-2-20-17(13-18)14-19(23(34)30-5-6-31-9-11-35-12-10-31)21-16-32(7-8-33(20)21)22-15-28-3-4-29-22/h1-4,13,15,19,21H,5-12,14,16H2,(H,30,34)/t19-,21+/m1/s1. The van der Waals surface area contributed by atoms with Crippen LogP contribution in [0.2, 0.25) is 0 Å². The van der Waals surface area contributed by atoms with Gasteiger partial charge >= 0.3 is 6.18 Å². The fourth-order valence-electron chi connectivity index (χ4n) is 5.26. The number of halogens is 3. The lowest BCUT2D eigenvalue weighted by molar-refractivity contribution is -0.137. The number of hydrogen-bond acceptors (Lipinski definition) is 7. The summed E-state index contributed by atoms with van der Waals surface area (Å²) in [5, 5.41) is 3.05. The van der Waals surface area contributed by atoms with E-state index in [1.807, 2.05) is 0 Å². The molecule has 1 amide bonds. The van der Waals surface area contributed by atoms with Crippen LogP contribution in [0.1, 0.15) is 11.1 Å². The number of alkyl halides is 3. The molecular weight excluding hydrogens is 461 g/mol. The number of ether oxygens (including phenoxy) is 1. The highest BCUT2D eigenvalue weighted by molar-refractivity contribution is 5.82. The largest absolute Gasteiger partial charge is 0.416 e. The number of hydrogen-bond donors (Lipinski definition) is 1. The van der Waals surface area contributed by atoms with Crippen LogP contribution in [0.15, 0.2) is 36.8 Å². The van der Waals surface area contributed by atoms with Crippen molar-refractivity contribution in [2.75, 3.05) is 68.8 Å². The molecule has 3 aliphatic rings. The van der Waals surface area contributed by atoms with Gasteiger partial charge in [0.1, 0.15) is 5.82 Å². The third kappa shape index (κ3) is 5.20. The van der Waals surface area contributed by atoms with Crippen molar-refractivity contribution in [3.63, 3.8) is 0 Å². The van der Waals surface area contributed by atoms with Gasteiger partial charge in [-0.1, -0.05) is 0 Å². The molecule has 8 nitrogen and oxygen atoms in total.